The number of phenolic OH excluding ortho intramolecular Hbond substituents is 1. The Morgan fingerprint density at radius 2 is 1.93 bits per heavy atom. The second-order valence-electron chi connectivity index (χ2n) is 7.45. The second-order valence-corrected chi connectivity index (χ2v) is 7.45. The summed E-state index contributed by atoms with van der Waals surface area (Å²) in [6.45, 7) is 2.02. The van der Waals surface area contributed by atoms with Gasteiger partial charge in [0.15, 0.2) is 0 Å². The minimum Gasteiger partial charge on any atom is -0.507 e. The highest BCUT2D eigenvalue weighted by Gasteiger charge is 2.41. The zero-order chi connectivity index (χ0) is 20.0. The lowest BCUT2D eigenvalue weighted by Gasteiger charge is -2.38. The Morgan fingerprint density at radius 1 is 1.07 bits per heavy atom. The van der Waals surface area contributed by atoms with Gasteiger partial charge in [0.05, 0.1) is 18.9 Å². The molecule has 5 nitrogen and oxygen atoms in total. The molecule has 0 fully saturated rings. The normalized spacial score (nSPS) is 19.8. The number of rotatable bonds is 3. The van der Waals surface area contributed by atoms with Crippen molar-refractivity contribution >= 4 is 5.71 Å². The molecule has 3 aromatic rings. The molecule has 1 N–H and O–H groups in total. The minimum absolute atomic E-state index is 0.0473. The van der Waals surface area contributed by atoms with Crippen LogP contribution in [-0.4, -0.2) is 22.9 Å². The first-order valence-electron chi connectivity index (χ1n) is 9.69. The van der Waals surface area contributed by atoms with Crippen LogP contribution in [0.25, 0.3) is 0 Å². The number of benzene rings is 3. The molecule has 2 aliphatic heterocycles. The summed E-state index contributed by atoms with van der Waals surface area (Å²) < 4.78 is 11.8. The van der Waals surface area contributed by atoms with Gasteiger partial charge in [0.25, 0.3) is 0 Å². The van der Waals surface area contributed by atoms with E-state index in [4.69, 9.17) is 14.6 Å². The highest BCUT2D eigenvalue weighted by Crippen LogP contribution is 2.48. The van der Waals surface area contributed by atoms with Gasteiger partial charge in [-0.3, -0.25) is 0 Å². The zero-order valence-corrected chi connectivity index (χ0v) is 16.4. The smallest absolute Gasteiger partial charge is 0.214 e. The number of ether oxygens (including phenoxy) is 2. The number of hydrogen-bond donors (Lipinski definition) is 1. The first-order valence-corrected chi connectivity index (χ1v) is 9.69. The third-order valence-electron chi connectivity index (χ3n) is 5.54. The topological polar surface area (TPSA) is 54.3 Å². The van der Waals surface area contributed by atoms with Crippen LogP contribution in [0.5, 0.6) is 17.2 Å². The van der Waals surface area contributed by atoms with Gasteiger partial charge in [0.2, 0.25) is 6.23 Å². The van der Waals surface area contributed by atoms with E-state index in [1.54, 1.807) is 13.2 Å². The van der Waals surface area contributed by atoms with Crippen molar-refractivity contribution < 1.29 is 14.6 Å². The average Bonchev–Trinajstić information content (AvgIpc) is 3.20. The molecule has 0 unspecified atom stereocenters. The summed E-state index contributed by atoms with van der Waals surface area (Å²) in [4.78, 5) is 0. The van der Waals surface area contributed by atoms with Gasteiger partial charge in [0, 0.05) is 23.1 Å². The van der Waals surface area contributed by atoms with Gasteiger partial charge in [-0.1, -0.05) is 42.0 Å². The van der Waals surface area contributed by atoms with Crippen LogP contribution in [0.15, 0.2) is 71.8 Å². The SMILES string of the molecule is COc1cccc([C@H]2Oc3ccccc3[C@H]3CC(c4cc(C)ccc4O)=NN32)c1. The Bertz CT molecular complexity index is 1110. The fraction of sp³-hybridized carbons (Fsp3) is 0.208. The van der Waals surface area contributed by atoms with E-state index in [2.05, 4.69) is 6.07 Å². The summed E-state index contributed by atoms with van der Waals surface area (Å²) in [6, 6.07) is 21.6. The highest BCUT2D eigenvalue weighted by molar-refractivity contribution is 6.04. The third kappa shape index (κ3) is 2.99. The molecule has 0 radical (unpaired) electrons. The highest BCUT2D eigenvalue weighted by atomic mass is 16.5. The minimum atomic E-state index is -0.366. The van der Waals surface area contributed by atoms with Crippen LogP contribution in [0.2, 0.25) is 0 Å². The number of fused-ring (bicyclic) bond motifs is 3. The van der Waals surface area contributed by atoms with Crippen LogP contribution < -0.4 is 9.47 Å². The van der Waals surface area contributed by atoms with Crippen molar-refractivity contribution in [3.8, 4) is 17.2 Å². The number of aryl methyl sites for hydroxylation is 1. The molecule has 2 atom stereocenters. The van der Waals surface area contributed by atoms with Gasteiger partial charge < -0.3 is 14.6 Å². The van der Waals surface area contributed by atoms with Crippen molar-refractivity contribution in [2.45, 2.75) is 25.6 Å². The number of nitrogens with zero attached hydrogens (tertiary/aromatic N) is 2. The Morgan fingerprint density at radius 3 is 2.79 bits per heavy atom. The first-order chi connectivity index (χ1) is 14.1. The molecule has 0 aliphatic carbocycles. The van der Waals surface area contributed by atoms with E-state index in [-0.39, 0.29) is 18.0 Å². The molecule has 146 valence electrons. The number of hydrogen-bond acceptors (Lipinski definition) is 5. The fourth-order valence-corrected chi connectivity index (χ4v) is 4.09. The van der Waals surface area contributed by atoms with Crippen molar-refractivity contribution in [1.29, 1.82) is 0 Å². The largest absolute Gasteiger partial charge is 0.507 e. The molecular formula is C24H22N2O3. The maximum Gasteiger partial charge on any atom is 0.214 e. The number of methoxy groups -OCH3 is 1. The first kappa shape index (κ1) is 17.6. The molecule has 5 rings (SSSR count). The van der Waals surface area contributed by atoms with Crippen molar-refractivity contribution in [1.82, 2.24) is 5.01 Å². The maximum atomic E-state index is 10.4. The lowest BCUT2D eigenvalue weighted by Crippen LogP contribution is -2.33. The molecule has 2 aliphatic rings. The molecule has 0 bridgehead atoms. The van der Waals surface area contributed by atoms with Crippen LogP contribution >= 0.6 is 0 Å². The standard InChI is InChI=1S/C24H22N2O3/c1-15-10-11-22(27)19(12-15)20-14-21-18-8-3-4-9-23(18)29-24(26(21)25-20)16-6-5-7-17(13-16)28-2/h3-13,21,24,27H,14H2,1-2H3/t21-,24-/m1/s1. The number of hydrazone groups is 1. The van der Waals surface area contributed by atoms with Crippen LogP contribution in [-0.2, 0) is 0 Å². The average molecular weight is 386 g/mol. The molecule has 0 saturated carbocycles. The molecule has 2 heterocycles. The van der Waals surface area contributed by atoms with E-state index in [0.29, 0.717) is 6.42 Å². The van der Waals surface area contributed by atoms with Gasteiger partial charge in [-0.05, 0) is 37.3 Å². The van der Waals surface area contributed by atoms with Crippen LogP contribution in [0.3, 0.4) is 0 Å². The van der Waals surface area contributed by atoms with Gasteiger partial charge in [-0.2, -0.15) is 5.10 Å². The van der Waals surface area contributed by atoms with Crippen molar-refractivity contribution in [2.75, 3.05) is 7.11 Å². The Kier molecular flexibility index (Phi) is 4.16. The molecule has 0 saturated heterocycles. The van der Waals surface area contributed by atoms with E-state index in [0.717, 1.165) is 39.5 Å². The molecule has 0 amide bonds. The van der Waals surface area contributed by atoms with E-state index in [1.165, 1.54) is 0 Å². The third-order valence-corrected chi connectivity index (χ3v) is 5.54. The molecule has 5 heteroatoms. The fourth-order valence-electron chi connectivity index (χ4n) is 4.09. The van der Waals surface area contributed by atoms with Crippen LogP contribution in [0.1, 0.15) is 40.9 Å². The predicted molar refractivity (Wildman–Crippen MR) is 111 cm³/mol. The summed E-state index contributed by atoms with van der Waals surface area (Å²) in [6.07, 6.45) is 0.340. The van der Waals surface area contributed by atoms with E-state index in [9.17, 15) is 5.11 Å². The molecule has 29 heavy (non-hydrogen) atoms. The van der Waals surface area contributed by atoms with Crippen LogP contribution in [0.4, 0.5) is 0 Å². The quantitative estimate of drug-likeness (QED) is 0.692. The van der Waals surface area contributed by atoms with Gasteiger partial charge in [0.1, 0.15) is 17.2 Å². The lowest BCUT2D eigenvalue weighted by atomic mass is 9.95. The predicted octanol–water partition coefficient (Wildman–Crippen LogP) is 4.95. The lowest BCUT2D eigenvalue weighted by molar-refractivity contribution is -0.0191. The van der Waals surface area contributed by atoms with Gasteiger partial charge in [-0.15, -0.1) is 0 Å². The molecule has 0 spiro atoms. The maximum absolute atomic E-state index is 10.4. The summed E-state index contributed by atoms with van der Waals surface area (Å²) in [7, 11) is 1.66. The van der Waals surface area contributed by atoms with Crippen molar-refractivity contribution in [2.24, 2.45) is 5.10 Å². The van der Waals surface area contributed by atoms with E-state index >= 15 is 0 Å². The second kappa shape index (κ2) is 6.85. The number of phenols is 1. The van der Waals surface area contributed by atoms with Gasteiger partial charge in [-0.25, -0.2) is 5.01 Å². The van der Waals surface area contributed by atoms with Crippen LogP contribution in [0, 0.1) is 6.92 Å². The molecule has 3 aromatic carbocycles. The van der Waals surface area contributed by atoms with E-state index < -0.39 is 0 Å². The van der Waals surface area contributed by atoms with Crippen molar-refractivity contribution in [3.05, 3.63) is 89.0 Å². The Balaban J connectivity index is 1.61. The monoisotopic (exact) mass is 386 g/mol. The van der Waals surface area contributed by atoms with Gasteiger partial charge >= 0.3 is 0 Å². The number of aromatic hydroxyl groups is 1. The summed E-state index contributed by atoms with van der Waals surface area (Å²) in [5.74, 6) is 1.90. The van der Waals surface area contributed by atoms with E-state index in [1.807, 2.05) is 66.5 Å². The Hall–Kier alpha value is -3.47. The summed E-state index contributed by atoms with van der Waals surface area (Å²) in [5, 5.41) is 17.4. The Labute approximate surface area is 169 Å². The number of para-hydroxylation sites is 1. The summed E-state index contributed by atoms with van der Waals surface area (Å²) in [5.41, 5.74) is 4.82. The molecular weight excluding hydrogens is 364 g/mol. The van der Waals surface area contributed by atoms with Crippen molar-refractivity contribution in [3.63, 3.8) is 0 Å². The molecule has 0 aromatic heterocycles. The zero-order valence-electron chi connectivity index (χ0n) is 16.4. The summed E-state index contributed by atoms with van der Waals surface area (Å²) >= 11 is 0.